The van der Waals surface area contributed by atoms with Gasteiger partial charge in [0.25, 0.3) is 5.91 Å². The summed E-state index contributed by atoms with van der Waals surface area (Å²) in [7, 11) is 4.14. The number of likely N-dealkylation sites (tertiary alicyclic amines) is 1. The van der Waals surface area contributed by atoms with Gasteiger partial charge in [-0.15, -0.1) is 0 Å². The maximum atomic E-state index is 12.8. The molecular formula is C22H24N4O. The highest BCUT2D eigenvalue weighted by Gasteiger charge is 2.28. The number of rotatable bonds is 4. The highest BCUT2D eigenvalue weighted by Crippen LogP contribution is 2.22. The first-order valence-electron chi connectivity index (χ1n) is 9.28. The highest BCUT2D eigenvalue weighted by atomic mass is 16.2. The van der Waals surface area contributed by atoms with Gasteiger partial charge in [-0.25, -0.2) is 4.98 Å². The van der Waals surface area contributed by atoms with Gasteiger partial charge >= 0.3 is 0 Å². The predicted molar refractivity (Wildman–Crippen MR) is 107 cm³/mol. The molecule has 1 atom stereocenters. The lowest BCUT2D eigenvalue weighted by molar-refractivity contribution is 0.0783. The second kappa shape index (κ2) is 7.37. The summed E-state index contributed by atoms with van der Waals surface area (Å²) < 4.78 is 2.04. The molecule has 5 nitrogen and oxygen atoms in total. The Balaban J connectivity index is 1.54. The molecule has 1 saturated heterocycles. The summed E-state index contributed by atoms with van der Waals surface area (Å²) in [6.07, 6.45) is 4.78. The van der Waals surface area contributed by atoms with Crippen LogP contribution in [0.2, 0.25) is 0 Å². The second-order valence-corrected chi connectivity index (χ2v) is 7.19. The minimum atomic E-state index is 0.111. The summed E-state index contributed by atoms with van der Waals surface area (Å²) in [4.78, 5) is 21.4. The third kappa shape index (κ3) is 3.51. The lowest BCUT2D eigenvalue weighted by Gasteiger charge is -2.20. The van der Waals surface area contributed by atoms with Crippen molar-refractivity contribution in [2.24, 2.45) is 0 Å². The topological polar surface area (TPSA) is 41.4 Å². The van der Waals surface area contributed by atoms with E-state index < -0.39 is 0 Å². The van der Waals surface area contributed by atoms with E-state index in [0.29, 0.717) is 6.04 Å². The molecule has 0 aliphatic carbocycles. The largest absolute Gasteiger partial charge is 0.337 e. The van der Waals surface area contributed by atoms with Crippen LogP contribution < -0.4 is 0 Å². The van der Waals surface area contributed by atoms with E-state index in [1.807, 2.05) is 70.3 Å². The van der Waals surface area contributed by atoms with Gasteiger partial charge in [-0.2, -0.15) is 0 Å². The summed E-state index contributed by atoms with van der Waals surface area (Å²) in [6.45, 7) is 1.62. The zero-order valence-electron chi connectivity index (χ0n) is 15.7. The Labute approximate surface area is 159 Å². The van der Waals surface area contributed by atoms with Crippen LogP contribution in [-0.4, -0.2) is 58.5 Å². The van der Waals surface area contributed by atoms with Crippen molar-refractivity contribution < 1.29 is 4.79 Å². The van der Waals surface area contributed by atoms with Crippen LogP contribution in [0, 0.1) is 0 Å². The van der Waals surface area contributed by atoms with Crippen LogP contribution in [0.3, 0.4) is 0 Å². The molecule has 1 fully saturated rings. The molecule has 0 radical (unpaired) electrons. The molecule has 2 aromatic carbocycles. The first kappa shape index (κ1) is 17.5. The number of hydrogen-bond donors (Lipinski definition) is 0. The molecule has 5 heteroatoms. The molecule has 3 aromatic rings. The molecule has 4 rings (SSSR count). The zero-order chi connectivity index (χ0) is 18.8. The maximum absolute atomic E-state index is 12.8. The minimum absolute atomic E-state index is 0.111. The van der Waals surface area contributed by atoms with Gasteiger partial charge in [-0.05, 0) is 44.8 Å². The van der Waals surface area contributed by atoms with Crippen LogP contribution in [-0.2, 0) is 0 Å². The summed E-state index contributed by atoms with van der Waals surface area (Å²) in [5.74, 6) is 1.00. The number of hydrogen-bond acceptors (Lipinski definition) is 3. The van der Waals surface area contributed by atoms with Gasteiger partial charge < -0.3 is 9.80 Å². The Morgan fingerprint density at radius 2 is 1.81 bits per heavy atom. The second-order valence-electron chi connectivity index (χ2n) is 7.19. The van der Waals surface area contributed by atoms with Gasteiger partial charge in [-0.3, -0.25) is 9.36 Å². The van der Waals surface area contributed by atoms with Gasteiger partial charge in [0.15, 0.2) is 0 Å². The number of carbonyl (C=O) groups is 1. The zero-order valence-corrected chi connectivity index (χ0v) is 15.7. The number of imidazole rings is 1. The van der Waals surface area contributed by atoms with Crippen molar-refractivity contribution in [1.29, 1.82) is 0 Å². The molecule has 1 aliphatic rings. The molecule has 0 bridgehead atoms. The van der Waals surface area contributed by atoms with E-state index in [1.165, 1.54) is 0 Å². The van der Waals surface area contributed by atoms with E-state index in [-0.39, 0.29) is 5.91 Å². The van der Waals surface area contributed by atoms with Crippen LogP contribution in [0.5, 0.6) is 0 Å². The molecule has 138 valence electrons. The van der Waals surface area contributed by atoms with Crippen molar-refractivity contribution in [1.82, 2.24) is 19.4 Å². The lowest BCUT2D eigenvalue weighted by Crippen LogP contribution is -2.34. The Bertz CT molecular complexity index is 915. The number of benzene rings is 2. The van der Waals surface area contributed by atoms with E-state index in [0.717, 1.165) is 42.1 Å². The van der Waals surface area contributed by atoms with Crippen molar-refractivity contribution in [3.8, 4) is 17.1 Å². The monoisotopic (exact) mass is 360 g/mol. The Kier molecular flexibility index (Phi) is 4.77. The molecule has 0 N–H and O–H groups in total. The van der Waals surface area contributed by atoms with E-state index in [1.54, 1.807) is 6.20 Å². The molecule has 1 amide bonds. The maximum Gasteiger partial charge on any atom is 0.253 e. The molecule has 0 spiro atoms. The molecule has 1 unspecified atom stereocenters. The number of likely N-dealkylation sites (N-methyl/N-ethyl adjacent to an activating group) is 1. The standard InChI is InChI=1S/C22H24N4O/c1-24(2)20-12-14-25(16-20)22(27)18-8-10-19(11-9-18)26-15-13-23-21(26)17-6-4-3-5-7-17/h3-11,13,15,20H,12,14,16H2,1-2H3. The molecular weight excluding hydrogens is 336 g/mol. The minimum Gasteiger partial charge on any atom is -0.337 e. The average molecular weight is 360 g/mol. The molecule has 27 heavy (non-hydrogen) atoms. The number of amides is 1. The van der Waals surface area contributed by atoms with Crippen molar-refractivity contribution in [3.63, 3.8) is 0 Å². The van der Waals surface area contributed by atoms with Gasteiger partial charge in [0.05, 0.1) is 0 Å². The van der Waals surface area contributed by atoms with Crippen LogP contribution in [0.1, 0.15) is 16.8 Å². The first-order valence-corrected chi connectivity index (χ1v) is 9.28. The van der Waals surface area contributed by atoms with E-state index in [2.05, 4.69) is 24.0 Å². The van der Waals surface area contributed by atoms with Crippen molar-refractivity contribution in [2.75, 3.05) is 27.2 Å². The van der Waals surface area contributed by atoms with Gasteiger partial charge in [-0.1, -0.05) is 30.3 Å². The van der Waals surface area contributed by atoms with Crippen molar-refractivity contribution in [2.45, 2.75) is 12.5 Å². The van der Waals surface area contributed by atoms with E-state index in [4.69, 9.17) is 0 Å². The summed E-state index contributed by atoms with van der Waals surface area (Å²) in [6, 6.07) is 18.4. The molecule has 1 aliphatic heterocycles. The highest BCUT2D eigenvalue weighted by molar-refractivity contribution is 5.94. The summed E-state index contributed by atoms with van der Waals surface area (Å²) in [5.41, 5.74) is 2.80. The van der Waals surface area contributed by atoms with E-state index >= 15 is 0 Å². The van der Waals surface area contributed by atoms with Crippen LogP contribution in [0.25, 0.3) is 17.1 Å². The molecule has 1 aromatic heterocycles. The van der Waals surface area contributed by atoms with Gasteiger partial charge in [0.2, 0.25) is 0 Å². The quantitative estimate of drug-likeness (QED) is 0.717. The fourth-order valence-corrected chi connectivity index (χ4v) is 3.61. The van der Waals surface area contributed by atoms with Crippen molar-refractivity contribution in [3.05, 3.63) is 72.6 Å². The number of aromatic nitrogens is 2. The van der Waals surface area contributed by atoms with Crippen LogP contribution >= 0.6 is 0 Å². The molecule has 2 heterocycles. The fraction of sp³-hybridized carbons (Fsp3) is 0.273. The third-order valence-corrected chi connectivity index (χ3v) is 5.25. The third-order valence-electron chi connectivity index (χ3n) is 5.25. The van der Waals surface area contributed by atoms with Gasteiger partial charge in [0.1, 0.15) is 5.82 Å². The van der Waals surface area contributed by atoms with Crippen LogP contribution in [0.15, 0.2) is 67.0 Å². The fourth-order valence-electron chi connectivity index (χ4n) is 3.61. The summed E-state index contributed by atoms with van der Waals surface area (Å²) in [5, 5.41) is 0. The average Bonchev–Trinajstić information content (AvgIpc) is 3.38. The Morgan fingerprint density at radius 3 is 2.48 bits per heavy atom. The van der Waals surface area contributed by atoms with Crippen molar-refractivity contribution >= 4 is 5.91 Å². The molecule has 0 saturated carbocycles. The Morgan fingerprint density at radius 1 is 1.07 bits per heavy atom. The van der Waals surface area contributed by atoms with Gasteiger partial charge in [0, 0.05) is 48.3 Å². The Hall–Kier alpha value is -2.92. The van der Waals surface area contributed by atoms with Crippen LogP contribution in [0.4, 0.5) is 0 Å². The number of nitrogens with zero attached hydrogens (tertiary/aromatic N) is 4. The SMILES string of the molecule is CN(C)C1CCN(C(=O)c2ccc(-n3ccnc3-c3ccccc3)cc2)C1. The lowest BCUT2D eigenvalue weighted by atomic mass is 10.1. The first-order chi connectivity index (χ1) is 13.1. The smallest absolute Gasteiger partial charge is 0.253 e. The predicted octanol–water partition coefficient (Wildman–Crippen LogP) is 3.32. The van der Waals surface area contributed by atoms with E-state index in [9.17, 15) is 4.79 Å². The summed E-state index contributed by atoms with van der Waals surface area (Å²) >= 11 is 0. The normalized spacial score (nSPS) is 16.9. The number of carbonyl (C=O) groups excluding carboxylic acids is 1.